The Morgan fingerprint density at radius 2 is 1.81 bits per heavy atom. The van der Waals surface area contributed by atoms with Crippen LogP contribution in [0.3, 0.4) is 0 Å². The van der Waals surface area contributed by atoms with Crippen LogP contribution in [-0.2, 0) is 0 Å². The van der Waals surface area contributed by atoms with E-state index in [4.69, 9.17) is 4.42 Å². The molecule has 3 nitrogen and oxygen atoms in total. The molecule has 0 unspecified atom stereocenters. The molecule has 0 bridgehead atoms. The molecule has 1 heterocycles. The number of anilines is 1. The van der Waals surface area contributed by atoms with E-state index in [1.54, 1.807) is 6.07 Å². The van der Waals surface area contributed by atoms with Gasteiger partial charge in [-0.05, 0) is 43.6 Å². The average molecular weight is 219 g/mol. The van der Waals surface area contributed by atoms with E-state index in [9.17, 15) is 4.79 Å². The fraction of sp³-hybridized carbons (Fsp3) is 0.615. The molecule has 3 heteroatoms. The van der Waals surface area contributed by atoms with Gasteiger partial charge >= 0.3 is 0 Å². The summed E-state index contributed by atoms with van der Waals surface area (Å²) in [5.74, 6) is 3.01. The van der Waals surface area contributed by atoms with Crippen molar-refractivity contribution in [3.8, 4) is 0 Å². The molecule has 0 atom stereocenters. The number of rotatable bonds is 6. The number of hydrogen-bond donors (Lipinski definition) is 0. The Balaban J connectivity index is 1.70. The lowest BCUT2D eigenvalue weighted by molar-refractivity contribution is 0.110. The minimum Gasteiger partial charge on any atom is -0.438 e. The Morgan fingerprint density at radius 3 is 2.25 bits per heavy atom. The first-order chi connectivity index (χ1) is 7.85. The topological polar surface area (TPSA) is 33.5 Å². The first kappa shape index (κ1) is 9.94. The summed E-state index contributed by atoms with van der Waals surface area (Å²) in [6.07, 6.45) is 6.17. The predicted molar refractivity (Wildman–Crippen MR) is 61.8 cm³/mol. The largest absolute Gasteiger partial charge is 0.438 e. The molecule has 0 aromatic carbocycles. The third-order valence-corrected chi connectivity index (χ3v) is 3.39. The SMILES string of the molecule is O=Cc1ccc(N(CC2CC2)CC2CC2)o1. The monoisotopic (exact) mass is 219 g/mol. The van der Waals surface area contributed by atoms with Gasteiger partial charge in [0.1, 0.15) is 0 Å². The Labute approximate surface area is 95.4 Å². The highest BCUT2D eigenvalue weighted by molar-refractivity contribution is 5.71. The molecule has 3 rings (SSSR count). The van der Waals surface area contributed by atoms with E-state index in [0.29, 0.717) is 5.76 Å². The van der Waals surface area contributed by atoms with Gasteiger partial charge in [-0.2, -0.15) is 0 Å². The van der Waals surface area contributed by atoms with Gasteiger partial charge in [-0.3, -0.25) is 4.79 Å². The Morgan fingerprint density at radius 1 is 1.19 bits per heavy atom. The van der Waals surface area contributed by atoms with Crippen molar-refractivity contribution in [3.63, 3.8) is 0 Å². The maximum Gasteiger partial charge on any atom is 0.196 e. The minimum atomic E-state index is 0.437. The molecule has 0 saturated heterocycles. The minimum absolute atomic E-state index is 0.437. The van der Waals surface area contributed by atoms with Crippen molar-refractivity contribution in [1.82, 2.24) is 0 Å². The van der Waals surface area contributed by atoms with Crippen LogP contribution in [0.15, 0.2) is 16.5 Å². The highest BCUT2D eigenvalue weighted by atomic mass is 16.4. The van der Waals surface area contributed by atoms with Crippen LogP contribution in [0.4, 0.5) is 5.88 Å². The number of furan rings is 1. The summed E-state index contributed by atoms with van der Waals surface area (Å²) < 4.78 is 5.51. The molecule has 2 aliphatic carbocycles. The van der Waals surface area contributed by atoms with Crippen molar-refractivity contribution in [1.29, 1.82) is 0 Å². The summed E-state index contributed by atoms with van der Waals surface area (Å²) in [6, 6.07) is 3.68. The molecular formula is C13H17NO2. The quantitative estimate of drug-likeness (QED) is 0.690. The van der Waals surface area contributed by atoms with Gasteiger partial charge in [0.25, 0.3) is 0 Å². The van der Waals surface area contributed by atoms with Gasteiger partial charge in [0.2, 0.25) is 0 Å². The van der Waals surface area contributed by atoms with Crippen molar-refractivity contribution >= 4 is 12.2 Å². The molecule has 0 radical (unpaired) electrons. The molecule has 2 fully saturated rings. The molecule has 1 aromatic heterocycles. The van der Waals surface area contributed by atoms with Gasteiger partial charge in [0.05, 0.1) is 0 Å². The predicted octanol–water partition coefficient (Wildman–Crippen LogP) is 2.72. The zero-order valence-corrected chi connectivity index (χ0v) is 9.39. The second-order valence-corrected chi connectivity index (χ2v) is 5.09. The molecule has 0 N–H and O–H groups in total. The molecule has 0 aliphatic heterocycles. The fourth-order valence-corrected chi connectivity index (χ4v) is 2.05. The third-order valence-electron chi connectivity index (χ3n) is 3.39. The van der Waals surface area contributed by atoms with E-state index in [2.05, 4.69) is 4.90 Å². The van der Waals surface area contributed by atoms with E-state index in [1.807, 2.05) is 6.07 Å². The van der Waals surface area contributed by atoms with Gasteiger partial charge in [-0.1, -0.05) is 0 Å². The molecule has 2 saturated carbocycles. The van der Waals surface area contributed by atoms with Crippen molar-refractivity contribution < 1.29 is 9.21 Å². The molecule has 16 heavy (non-hydrogen) atoms. The molecular weight excluding hydrogens is 202 g/mol. The Bertz CT molecular complexity index is 363. The van der Waals surface area contributed by atoms with E-state index in [1.165, 1.54) is 25.7 Å². The molecule has 1 aromatic rings. The second-order valence-electron chi connectivity index (χ2n) is 5.09. The normalized spacial score (nSPS) is 19.8. The third kappa shape index (κ3) is 2.29. The van der Waals surface area contributed by atoms with Crippen LogP contribution < -0.4 is 4.90 Å². The molecule has 2 aliphatic rings. The maximum absolute atomic E-state index is 10.6. The van der Waals surface area contributed by atoms with Crippen LogP contribution in [0.2, 0.25) is 0 Å². The van der Waals surface area contributed by atoms with Gasteiger partial charge in [0.15, 0.2) is 17.9 Å². The maximum atomic E-state index is 10.6. The first-order valence-electron chi connectivity index (χ1n) is 6.15. The Kier molecular flexibility index (Phi) is 2.46. The fourth-order valence-electron chi connectivity index (χ4n) is 2.05. The summed E-state index contributed by atoms with van der Waals surface area (Å²) in [6.45, 7) is 2.20. The number of nitrogens with zero attached hydrogens (tertiary/aromatic N) is 1. The summed E-state index contributed by atoms with van der Waals surface area (Å²) in [7, 11) is 0. The second kappa shape index (κ2) is 3.96. The van der Waals surface area contributed by atoms with Crippen molar-refractivity contribution in [2.45, 2.75) is 25.7 Å². The van der Waals surface area contributed by atoms with Gasteiger partial charge in [-0.25, -0.2) is 0 Å². The lowest BCUT2D eigenvalue weighted by Gasteiger charge is -2.21. The highest BCUT2D eigenvalue weighted by Crippen LogP contribution is 2.36. The van der Waals surface area contributed by atoms with E-state index in [0.717, 1.165) is 37.1 Å². The number of carbonyl (C=O) groups is 1. The summed E-state index contributed by atoms with van der Waals surface area (Å²) in [5.41, 5.74) is 0. The van der Waals surface area contributed by atoms with Gasteiger partial charge in [0, 0.05) is 19.2 Å². The summed E-state index contributed by atoms with van der Waals surface area (Å²) >= 11 is 0. The van der Waals surface area contributed by atoms with E-state index < -0.39 is 0 Å². The number of aldehydes is 1. The lowest BCUT2D eigenvalue weighted by Crippen LogP contribution is -2.27. The molecule has 86 valence electrons. The standard InChI is InChI=1S/C13H17NO2/c15-9-12-5-6-13(16-12)14(7-10-1-2-10)8-11-3-4-11/h5-6,9-11H,1-4,7-8H2. The zero-order valence-electron chi connectivity index (χ0n) is 9.39. The van der Waals surface area contributed by atoms with Gasteiger partial charge in [-0.15, -0.1) is 0 Å². The van der Waals surface area contributed by atoms with Crippen LogP contribution >= 0.6 is 0 Å². The van der Waals surface area contributed by atoms with Gasteiger partial charge < -0.3 is 9.32 Å². The summed E-state index contributed by atoms with van der Waals surface area (Å²) in [5, 5.41) is 0. The Hall–Kier alpha value is -1.25. The molecule has 0 spiro atoms. The van der Waals surface area contributed by atoms with Crippen LogP contribution in [0.25, 0.3) is 0 Å². The summed E-state index contributed by atoms with van der Waals surface area (Å²) in [4.78, 5) is 12.9. The van der Waals surface area contributed by atoms with E-state index in [-0.39, 0.29) is 0 Å². The van der Waals surface area contributed by atoms with Crippen molar-refractivity contribution in [2.75, 3.05) is 18.0 Å². The van der Waals surface area contributed by atoms with Crippen LogP contribution in [-0.4, -0.2) is 19.4 Å². The number of carbonyl (C=O) groups excluding carboxylic acids is 1. The molecule has 0 amide bonds. The zero-order chi connectivity index (χ0) is 11.0. The van der Waals surface area contributed by atoms with Crippen molar-refractivity contribution in [3.05, 3.63) is 17.9 Å². The van der Waals surface area contributed by atoms with Crippen LogP contribution in [0.1, 0.15) is 36.2 Å². The van der Waals surface area contributed by atoms with Crippen LogP contribution in [0.5, 0.6) is 0 Å². The first-order valence-corrected chi connectivity index (χ1v) is 6.15. The van der Waals surface area contributed by atoms with Crippen molar-refractivity contribution in [2.24, 2.45) is 11.8 Å². The highest BCUT2D eigenvalue weighted by Gasteiger charge is 2.30. The number of hydrogen-bond acceptors (Lipinski definition) is 3. The lowest BCUT2D eigenvalue weighted by atomic mass is 10.3. The smallest absolute Gasteiger partial charge is 0.196 e. The van der Waals surface area contributed by atoms with E-state index >= 15 is 0 Å². The average Bonchev–Trinajstić information content (AvgIpc) is 3.21. The van der Waals surface area contributed by atoms with Crippen LogP contribution in [0, 0.1) is 11.8 Å².